The van der Waals surface area contributed by atoms with Crippen LogP contribution in [0.15, 0.2) is 0 Å². The average molecular weight is 172 g/mol. The molecule has 1 aromatic rings. The van der Waals surface area contributed by atoms with Crippen LogP contribution < -0.4 is 5.73 Å². The molecule has 0 unspecified atom stereocenters. The van der Waals surface area contributed by atoms with E-state index in [1.807, 2.05) is 0 Å². The number of carbonyl (C=O) groups is 1. The smallest absolute Gasteiger partial charge is 0.365 e. The van der Waals surface area contributed by atoms with Gasteiger partial charge in [-0.05, 0) is 6.92 Å². The van der Waals surface area contributed by atoms with Crippen molar-refractivity contribution in [3.05, 3.63) is 15.6 Å². The van der Waals surface area contributed by atoms with Crippen LogP contribution in [0.3, 0.4) is 0 Å². The average Bonchev–Trinajstić information content (AvgIpc) is 2.31. The van der Waals surface area contributed by atoms with Gasteiger partial charge in [-0.25, -0.2) is 9.78 Å². The number of aromatic nitrogens is 1. The standard InChI is InChI=1S/C6H8N2O2S/c1-3-4(2-7)11-5(8-3)6(9)10/h2,7H2,1H3,(H,9,10). The molecule has 0 aliphatic rings. The topological polar surface area (TPSA) is 76.2 Å². The molecule has 1 aromatic heterocycles. The number of rotatable bonds is 2. The third kappa shape index (κ3) is 1.55. The fraction of sp³-hybridized carbons (Fsp3) is 0.333. The van der Waals surface area contributed by atoms with Gasteiger partial charge in [0.2, 0.25) is 5.01 Å². The molecule has 60 valence electrons. The van der Waals surface area contributed by atoms with Gasteiger partial charge in [0, 0.05) is 11.4 Å². The molecule has 0 bridgehead atoms. The molecule has 0 aliphatic heterocycles. The SMILES string of the molecule is Cc1nc(C(=O)O)sc1CN. The van der Waals surface area contributed by atoms with Gasteiger partial charge in [0.25, 0.3) is 0 Å². The molecule has 0 amide bonds. The van der Waals surface area contributed by atoms with Crippen LogP contribution in [0.2, 0.25) is 0 Å². The Hall–Kier alpha value is -0.940. The highest BCUT2D eigenvalue weighted by atomic mass is 32.1. The Kier molecular flexibility index (Phi) is 2.21. The number of nitrogens with zero attached hydrogens (tertiary/aromatic N) is 1. The van der Waals surface area contributed by atoms with Crippen molar-refractivity contribution in [2.45, 2.75) is 13.5 Å². The van der Waals surface area contributed by atoms with Crippen LogP contribution in [-0.2, 0) is 6.54 Å². The zero-order chi connectivity index (χ0) is 8.43. The van der Waals surface area contributed by atoms with Crippen molar-refractivity contribution in [1.82, 2.24) is 4.98 Å². The predicted molar refractivity (Wildman–Crippen MR) is 41.7 cm³/mol. The van der Waals surface area contributed by atoms with Crippen LogP contribution in [0.1, 0.15) is 20.4 Å². The maximum Gasteiger partial charge on any atom is 0.365 e. The van der Waals surface area contributed by atoms with E-state index < -0.39 is 5.97 Å². The molecule has 0 saturated heterocycles. The lowest BCUT2D eigenvalue weighted by molar-refractivity contribution is 0.0696. The highest BCUT2D eigenvalue weighted by molar-refractivity contribution is 7.13. The van der Waals surface area contributed by atoms with Crippen molar-refractivity contribution in [3.63, 3.8) is 0 Å². The van der Waals surface area contributed by atoms with E-state index in [0.717, 1.165) is 21.9 Å². The van der Waals surface area contributed by atoms with E-state index in [9.17, 15) is 4.79 Å². The van der Waals surface area contributed by atoms with Crippen molar-refractivity contribution >= 4 is 17.3 Å². The molecule has 3 N–H and O–H groups in total. The molecule has 4 nitrogen and oxygen atoms in total. The molecule has 5 heteroatoms. The second-order valence-corrected chi connectivity index (χ2v) is 3.12. The largest absolute Gasteiger partial charge is 0.476 e. The summed E-state index contributed by atoms with van der Waals surface area (Å²) in [5.74, 6) is -0.988. The lowest BCUT2D eigenvalue weighted by Gasteiger charge is -1.85. The lowest BCUT2D eigenvalue weighted by Crippen LogP contribution is -1.94. The second kappa shape index (κ2) is 2.98. The molecule has 0 saturated carbocycles. The lowest BCUT2D eigenvalue weighted by atomic mass is 10.4. The minimum Gasteiger partial charge on any atom is -0.476 e. The molecular formula is C6H8N2O2S. The molecule has 0 aromatic carbocycles. The highest BCUT2D eigenvalue weighted by Crippen LogP contribution is 2.16. The summed E-state index contributed by atoms with van der Waals surface area (Å²) in [6.45, 7) is 2.11. The molecule has 0 fully saturated rings. The maximum atomic E-state index is 10.4. The van der Waals surface area contributed by atoms with Crippen molar-refractivity contribution in [2.75, 3.05) is 0 Å². The Morgan fingerprint density at radius 2 is 2.45 bits per heavy atom. The van der Waals surface area contributed by atoms with Crippen LogP contribution in [0.4, 0.5) is 0 Å². The van der Waals surface area contributed by atoms with E-state index >= 15 is 0 Å². The van der Waals surface area contributed by atoms with Gasteiger partial charge in [0.05, 0.1) is 5.69 Å². The maximum absolute atomic E-state index is 10.4. The fourth-order valence-electron chi connectivity index (χ4n) is 0.709. The number of aromatic carboxylic acids is 1. The first-order valence-electron chi connectivity index (χ1n) is 3.04. The summed E-state index contributed by atoms with van der Waals surface area (Å²) in [5, 5.41) is 8.64. The van der Waals surface area contributed by atoms with E-state index in [1.165, 1.54) is 0 Å². The summed E-state index contributed by atoms with van der Waals surface area (Å²) >= 11 is 1.13. The minimum absolute atomic E-state index is 0.114. The zero-order valence-electron chi connectivity index (χ0n) is 6.00. The van der Waals surface area contributed by atoms with Gasteiger partial charge >= 0.3 is 5.97 Å². The van der Waals surface area contributed by atoms with Gasteiger partial charge < -0.3 is 10.8 Å². The molecule has 1 rings (SSSR count). The number of hydrogen-bond acceptors (Lipinski definition) is 4. The third-order valence-corrected chi connectivity index (χ3v) is 2.43. The van der Waals surface area contributed by atoms with Crippen molar-refractivity contribution in [2.24, 2.45) is 5.73 Å². The van der Waals surface area contributed by atoms with E-state index in [4.69, 9.17) is 10.8 Å². The molecule has 0 spiro atoms. The van der Waals surface area contributed by atoms with Gasteiger partial charge in [0.15, 0.2) is 0 Å². The van der Waals surface area contributed by atoms with Crippen LogP contribution in [-0.4, -0.2) is 16.1 Å². The van der Waals surface area contributed by atoms with Crippen molar-refractivity contribution < 1.29 is 9.90 Å². The number of nitrogens with two attached hydrogens (primary N) is 1. The molecular weight excluding hydrogens is 164 g/mol. The zero-order valence-corrected chi connectivity index (χ0v) is 6.81. The van der Waals surface area contributed by atoms with Gasteiger partial charge in [0.1, 0.15) is 0 Å². The Morgan fingerprint density at radius 1 is 1.82 bits per heavy atom. The van der Waals surface area contributed by atoms with Gasteiger partial charge in [-0.3, -0.25) is 0 Å². The van der Waals surface area contributed by atoms with E-state index in [1.54, 1.807) is 6.92 Å². The minimum atomic E-state index is -0.988. The Labute approximate surface area is 67.7 Å². The number of hydrogen-bond donors (Lipinski definition) is 2. The molecule has 0 radical (unpaired) electrons. The number of carboxylic acids is 1. The van der Waals surface area contributed by atoms with E-state index in [-0.39, 0.29) is 5.01 Å². The first-order chi connectivity index (χ1) is 5.15. The molecule has 0 aliphatic carbocycles. The van der Waals surface area contributed by atoms with Gasteiger partial charge in [-0.2, -0.15) is 0 Å². The van der Waals surface area contributed by atoms with E-state index in [0.29, 0.717) is 6.54 Å². The summed E-state index contributed by atoms with van der Waals surface area (Å²) < 4.78 is 0. The summed E-state index contributed by atoms with van der Waals surface area (Å²) in [7, 11) is 0. The quantitative estimate of drug-likeness (QED) is 0.685. The normalized spacial score (nSPS) is 10.0. The van der Waals surface area contributed by atoms with Crippen molar-refractivity contribution in [3.8, 4) is 0 Å². The van der Waals surface area contributed by atoms with Crippen LogP contribution in [0.5, 0.6) is 0 Å². The highest BCUT2D eigenvalue weighted by Gasteiger charge is 2.11. The fourth-order valence-corrected chi connectivity index (χ4v) is 1.49. The summed E-state index contributed by atoms with van der Waals surface area (Å²) in [5.41, 5.74) is 6.06. The number of aryl methyl sites for hydroxylation is 1. The van der Waals surface area contributed by atoms with Crippen molar-refractivity contribution in [1.29, 1.82) is 0 Å². The van der Waals surface area contributed by atoms with E-state index in [2.05, 4.69) is 4.98 Å². The first-order valence-corrected chi connectivity index (χ1v) is 3.86. The predicted octanol–water partition coefficient (Wildman–Crippen LogP) is 0.608. The number of thiazole rings is 1. The molecule has 0 atom stereocenters. The van der Waals surface area contributed by atoms with Gasteiger partial charge in [-0.1, -0.05) is 0 Å². The summed E-state index contributed by atoms with van der Waals surface area (Å²) in [6, 6.07) is 0. The molecule has 11 heavy (non-hydrogen) atoms. The Bertz CT molecular complexity index is 282. The van der Waals surface area contributed by atoms with Gasteiger partial charge in [-0.15, -0.1) is 11.3 Å². The van der Waals surface area contributed by atoms with Crippen LogP contribution in [0.25, 0.3) is 0 Å². The van der Waals surface area contributed by atoms with Crippen LogP contribution in [0, 0.1) is 6.92 Å². The third-order valence-electron chi connectivity index (χ3n) is 1.26. The Morgan fingerprint density at radius 3 is 2.73 bits per heavy atom. The summed E-state index contributed by atoms with van der Waals surface area (Å²) in [6.07, 6.45) is 0. The monoisotopic (exact) mass is 172 g/mol. The second-order valence-electron chi connectivity index (χ2n) is 2.04. The first kappa shape index (κ1) is 8.16. The van der Waals surface area contributed by atoms with Crippen LogP contribution >= 0.6 is 11.3 Å². The number of carboxylic acid groups (broad SMARTS) is 1. The summed E-state index contributed by atoms with van der Waals surface area (Å²) in [4.78, 5) is 15.0. The Balaban J connectivity index is 3.05. The molecule has 1 heterocycles.